The SMILES string of the molecule is Nc1nc(CC(=O)Nc2ccc(CCNC[C@H](O)c3ccccc3)cc2)cs1.O=C(O)CCC(=O)O.O=C(O[C@H]1CN2CCC1CC2)N1CCc2ccccc2[C@@H]1c1ccccc1. The van der Waals surface area contributed by atoms with E-state index in [1.807, 2.05) is 77.7 Å². The second-order valence-electron chi connectivity index (χ2n) is 15.8. The number of aliphatic hydroxyl groups is 1. The van der Waals surface area contributed by atoms with Crippen molar-refractivity contribution in [1.82, 2.24) is 20.1 Å². The van der Waals surface area contributed by atoms with E-state index in [0.717, 1.165) is 74.2 Å². The molecule has 3 atom stereocenters. The van der Waals surface area contributed by atoms with E-state index in [-0.39, 0.29) is 43.4 Å². The number of thiazole rings is 1. The average molecular weight is 877 g/mol. The Balaban J connectivity index is 0.000000179. The molecule has 0 spiro atoms. The lowest BCUT2D eigenvalue weighted by Crippen LogP contribution is -2.53. The van der Waals surface area contributed by atoms with Crippen LogP contribution in [0, 0.1) is 5.92 Å². The van der Waals surface area contributed by atoms with Gasteiger partial charge in [-0.15, -0.1) is 11.3 Å². The monoisotopic (exact) mass is 876 g/mol. The maximum Gasteiger partial charge on any atom is 0.410 e. The van der Waals surface area contributed by atoms with Gasteiger partial charge in [0.2, 0.25) is 5.91 Å². The molecule has 0 unspecified atom stereocenters. The van der Waals surface area contributed by atoms with Crippen molar-refractivity contribution in [2.45, 2.75) is 63.2 Å². The third-order valence-corrected chi connectivity index (χ3v) is 12.0. The second-order valence-corrected chi connectivity index (χ2v) is 16.7. The zero-order chi connectivity index (χ0) is 44.6. The van der Waals surface area contributed by atoms with E-state index in [1.54, 1.807) is 5.38 Å². The van der Waals surface area contributed by atoms with Gasteiger partial charge in [0, 0.05) is 30.7 Å². The van der Waals surface area contributed by atoms with Gasteiger partial charge >= 0.3 is 18.0 Å². The molecule has 5 heterocycles. The molecule has 15 heteroatoms. The van der Waals surface area contributed by atoms with Crippen LogP contribution in [0.1, 0.15) is 71.3 Å². The third kappa shape index (κ3) is 14.2. The van der Waals surface area contributed by atoms with Crippen LogP contribution >= 0.6 is 11.3 Å². The van der Waals surface area contributed by atoms with E-state index in [0.29, 0.717) is 29.8 Å². The Bertz CT molecular complexity index is 2220. The lowest BCUT2D eigenvalue weighted by Gasteiger charge is -2.45. The van der Waals surface area contributed by atoms with Crippen molar-refractivity contribution in [1.29, 1.82) is 0 Å². The highest BCUT2D eigenvalue weighted by molar-refractivity contribution is 7.13. The van der Waals surface area contributed by atoms with Crippen molar-refractivity contribution in [2.24, 2.45) is 5.92 Å². The second kappa shape index (κ2) is 23.4. The summed E-state index contributed by atoms with van der Waals surface area (Å²) in [5, 5.41) is 34.3. The quantitative estimate of drug-likeness (QED) is 0.0655. The van der Waals surface area contributed by atoms with Crippen LogP contribution in [0.3, 0.4) is 0 Å². The fourth-order valence-electron chi connectivity index (χ4n) is 8.01. The molecule has 5 aromatic rings. The molecule has 3 saturated heterocycles. The maximum atomic E-state index is 13.2. The number of aliphatic hydroxyl groups excluding tert-OH is 1. The van der Waals surface area contributed by atoms with Gasteiger partial charge in [0.05, 0.1) is 37.1 Å². The number of aromatic nitrogens is 1. The third-order valence-electron chi connectivity index (χ3n) is 11.3. The minimum absolute atomic E-state index is 0.0496. The number of nitrogens with two attached hydrogens (primary N) is 1. The highest BCUT2D eigenvalue weighted by Gasteiger charge is 2.39. The molecule has 4 aromatic carbocycles. The van der Waals surface area contributed by atoms with Crippen molar-refractivity contribution >= 4 is 46.1 Å². The Morgan fingerprint density at radius 1 is 0.841 bits per heavy atom. The summed E-state index contributed by atoms with van der Waals surface area (Å²) in [6, 6.07) is 36.1. The van der Waals surface area contributed by atoms with Crippen molar-refractivity contribution < 1.29 is 39.2 Å². The van der Waals surface area contributed by atoms with Gasteiger partial charge in [-0.2, -0.15) is 0 Å². The van der Waals surface area contributed by atoms with Gasteiger partial charge < -0.3 is 36.4 Å². The summed E-state index contributed by atoms with van der Waals surface area (Å²) in [5.74, 6) is -1.74. The normalized spacial score (nSPS) is 18.9. The molecule has 3 fully saturated rings. The molecular weight excluding hydrogens is 821 g/mol. The molecule has 4 aliphatic heterocycles. The number of anilines is 2. The predicted molar refractivity (Wildman–Crippen MR) is 242 cm³/mol. The standard InChI is InChI=1S/C23H26N2O2.C21H24N4O2S.C4H6O4/c26-23(27-21-16-24-13-10-18(21)11-14-24)25-15-12-17-6-4-5-9-20(17)22(25)19-7-2-1-3-8-19;22-21-25-18(14-28-21)12-20(27)24-17-8-6-15(7-9-17)10-11-23-13-19(26)16-4-2-1-3-5-16;5-3(6)1-2-4(7)8/h1-9,18,21-22H,10-16H2;1-9,14,19,23,26H,10-13H2,(H2,22,25)(H,24,27);1-2H2,(H,5,6)(H,7,8)/t21-,22-;19-;/m00./s1. The van der Waals surface area contributed by atoms with E-state index in [1.165, 1.54) is 22.5 Å². The average Bonchev–Trinajstić information content (AvgIpc) is 3.72. The molecule has 2 amide bonds. The first-order valence-electron chi connectivity index (χ1n) is 21.3. The van der Waals surface area contributed by atoms with E-state index in [9.17, 15) is 24.3 Å². The largest absolute Gasteiger partial charge is 0.481 e. The number of ether oxygens (including phenoxy) is 1. The maximum absolute atomic E-state index is 13.2. The first kappa shape index (κ1) is 46.4. The Morgan fingerprint density at radius 2 is 1.49 bits per heavy atom. The zero-order valence-corrected chi connectivity index (χ0v) is 36.0. The Hall–Kier alpha value is -6.13. The van der Waals surface area contributed by atoms with E-state index >= 15 is 0 Å². The highest BCUT2D eigenvalue weighted by atomic mass is 32.1. The highest BCUT2D eigenvalue weighted by Crippen LogP contribution is 2.37. The Labute approximate surface area is 371 Å². The molecule has 1 aromatic heterocycles. The molecule has 4 aliphatic rings. The van der Waals surface area contributed by atoms with Crippen molar-refractivity contribution in [3.05, 3.63) is 148 Å². The Morgan fingerprint density at radius 3 is 2.11 bits per heavy atom. The minimum Gasteiger partial charge on any atom is -0.481 e. The number of rotatable bonds is 14. The zero-order valence-electron chi connectivity index (χ0n) is 35.2. The van der Waals surface area contributed by atoms with E-state index in [2.05, 4.69) is 56.9 Å². The smallest absolute Gasteiger partial charge is 0.410 e. The molecule has 7 N–H and O–H groups in total. The summed E-state index contributed by atoms with van der Waals surface area (Å²) in [7, 11) is 0. The molecule has 0 aliphatic carbocycles. The van der Waals surface area contributed by atoms with Gasteiger partial charge in [0.15, 0.2) is 5.13 Å². The van der Waals surface area contributed by atoms with Crippen LogP contribution in [0.15, 0.2) is 115 Å². The van der Waals surface area contributed by atoms with Gasteiger partial charge in [-0.05, 0) is 91.2 Å². The molecule has 63 heavy (non-hydrogen) atoms. The van der Waals surface area contributed by atoms with Gasteiger partial charge in [0.25, 0.3) is 0 Å². The predicted octanol–water partition coefficient (Wildman–Crippen LogP) is 6.57. The number of carbonyl (C=O) groups is 4. The summed E-state index contributed by atoms with van der Waals surface area (Å²) in [4.78, 5) is 53.0. The molecule has 14 nitrogen and oxygen atoms in total. The topological polar surface area (TPSA) is 208 Å². The van der Waals surface area contributed by atoms with Crippen molar-refractivity contribution in [3.8, 4) is 0 Å². The molecular formula is C48H56N6O8S. The first-order chi connectivity index (χ1) is 30.5. The number of carboxylic acid groups (broad SMARTS) is 2. The number of benzene rings is 4. The number of nitrogens with one attached hydrogen (secondary N) is 2. The van der Waals surface area contributed by atoms with Gasteiger partial charge in [-0.3, -0.25) is 24.2 Å². The number of hydrogen-bond donors (Lipinski definition) is 6. The van der Waals surface area contributed by atoms with Crippen molar-refractivity contribution in [3.63, 3.8) is 0 Å². The van der Waals surface area contributed by atoms with Gasteiger partial charge in [0.1, 0.15) is 6.10 Å². The molecule has 332 valence electrons. The minimum atomic E-state index is -1.08. The molecule has 2 bridgehead atoms. The number of nitrogens with zero attached hydrogens (tertiary/aromatic N) is 3. The first-order valence-corrected chi connectivity index (χ1v) is 22.2. The van der Waals surface area contributed by atoms with Crippen molar-refractivity contribution in [2.75, 3.05) is 50.3 Å². The van der Waals surface area contributed by atoms with Crippen LogP contribution in [0.4, 0.5) is 15.6 Å². The van der Waals surface area contributed by atoms with E-state index < -0.39 is 18.0 Å². The number of fused-ring (bicyclic) bond motifs is 4. The van der Waals surface area contributed by atoms with Gasteiger partial charge in [-0.1, -0.05) is 97.1 Å². The number of piperidine rings is 3. The summed E-state index contributed by atoms with van der Waals surface area (Å²) in [6.07, 6.45) is 3.04. The number of aliphatic carboxylic acids is 2. The molecule has 0 radical (unpaired) electrons. The van der Waals surface area contributed by atoms with Crippen LogP contribution < -0.4 is 16.4 Å². The van der Waals surface area contributed by atoms with E-state index in [4.69, 9.17) is 20.7 Å². The fourth-order valence-corrected chi connectivity index (χ4v) is 8.57. The lowest BCUT2D eigenvalue weighted by molar-refractivity contribution is -0.143. The lowest BCUT2D eigenvalue weighted by atomic mass is 9.86. The van der Waals surface area contributed by atoms with Crippen LogP contribution in [-0.2, 0) is 38.4 Å². The molecule has 9 rings (SSSR count). The van der Waals surface area contributed by atoms with Crippen LogP contribution in [0.2, 0.25) is 0 Å². The Kier molecular flexibility index (Phi) is 17.2. The fraction of sp³-hybridized carbons (Fsp3) is 0.354. The summed E-state index contributed by atoms with van der Waals surface area (Å²) >= 11 is 1.33. The molecule has 0 saturated carbocycles. The number of hydrogen-bond acceptors (Lipinski definition) is 11. The summed E-state index contributed by atoms with van der Waals surface area (Å²) in [6.45, 7) is 5.19. The summed E-state index contributed by atoms with van der Waals surface area (Å²) in [5.41, 5.74) is 12.8. The van der Waals surface area contributed by atoms with Gasteiger partial charge in [-0.25, -0.2) is 9.78 Å². The number of amides is 2. The summed E-state index contributed by atoms with van der Waals surface area (Å²) < 4.78 is 6.08. The number of carbonyl (C=O) groups excluding carboxylic acids is 2. The van der Waals surface area contributed by atoms with Crippen LogP contribution in [0.25, 0.3) is 0 Å². The van der Waals surface area contributed by atoms with Crippen LogP contribution in [0.5, 0.6) is 0 Å². The number of nitrogen functional groups attached to an aromatic ring is 1. The number of carboxylic acids is 2. The van der Waals surface area contributed by atoms with Crippen LogP contribution in [-0.4, -0.2) is 99.4 Å².